The van der Waals surface area contributed by atoms with Crippen LogP contribution in [0.4, 0.5) is 51.2 Å². The third-order valence-electron chi connectivity index (χ3n) is 27.6. The van der Waals surface area contributed by atoms with Gasteiger partial charge in [0.25, 0.3) is 0 Å². The van der Waals surface area contributed by atoms with Crippen LogP contribution >= 0.6 is 0 Å². The van der Waals surface area contributed by atoms with E-state index in [1.165, 1.54) is 159 Å². The van der Waals surface area contributed by atoms with Crippen molar-refractivity contribution in [1.29, 1.82) is 0 Å². The Hall–Kier alpha value is -18.1. The van der Waals surface area contributed by atoms with Crippen molar-refractivity contribution in [2.75, 3.05) is 14.7 Å². The summed E-state index contributed by atoms with van der Waals surface area (Å²) in [5.74, 6) is 0. The number of anilines is 9. The summed E-state index contributed by atoms with van der Waals surface area (Å²) >= 11 is 0. The number of hydrogen-bond acceptors (Lipinski definition) is 3. The fraction of sp³-hybridized carbons (Fsp3) is 0.0299. The first-order valence-electron chi connectivity index (χ1n) is 48.2. The smallest absolute Gasteiger partial charge is 0.0541 e. The zero-order chi connectivity index (χ0) is 93.6. The molecule has 0 saturated heterocycles. The zero-order valence-corrected chi connectivity index (χ0v) is 78.1. The van der Waals surface area contributed by atoms with E-state index >= 15 is 0 Å². The molecule has 0 spiro atoms. The van der Waals surface area contributed by atoms with Gasteiger partial charge >= 0.3 is 0 Å². The third kappa shape index (κ3) is 16.2. The molecule has 0 aliphatic rings. The lowest BCUT2D eigenvalue weighted by molar-refractivity contribution is 0.590. The molecule has 0 fully saturated rings. The molecule has 0 unspecified atom stereocenters. The van der Waals surface area contributed by atoms with Crippen LogP contribution in [0.25, 0.3) is 170 Å². The second-order valence-electron chi connectivity index (χ2n) is 37.2. The first kappa shape index (κ1) is 84.9. The van der Waals surface area contributed by atoms with Crippen LogP contribution in [0.15, 0.2) is 540 Å². The molecule has 23 aromatic carbocycles. The molecule has 26 aromatic rings. The van der Waals surface area contributed by atoms with E-state index in [-0.39, 0.29) is 5.41 Å². The summed E-state index contributed by atoms with van der Waals surface area (Å²) < 4.78 is 7.15. The van der Waals surface area contributed by atoms with Crippen molar-refractivity contribution >= 4 is 160 Å². The Balaban J connectivity index is 0.000000114. The van der Waals surface area contributed by atoms with Gasteiger partial charge in [-0.1, -0.05) is 391 Å². The van der Waals surface area contributed by atoms with Crippen molar-refractivity contribution in [3.8, 4) is 61.6 Å². The van der Waals surface area contributed by atoms with Gasteiger partial charge in [-0.15, -0.1) is 0 Å². The molecule has 3 aromatic heterocycles. The third-order valence-corrected chi connectivity index (χ3v) is 27.6. The van der Waals surface area contributed by atoms with Crippen LogP contribution in [-0.2, 0) is 5.41 Å². The van der Waals surface area contributed by atoms with Gasteiger partial charge in [-0.25, -0.2) is 0 Å². The molecule has 0 aliphatic heterocycles. The molecule has 0 N–H and O–H groups in total. The molecule has 3 heterocycles. The van der Waals surface area contributed by atoms with E-state index < -0.39 is 0 Å². The van der Waals surface area contributed by atoms with Crippen LogP contribution in [0.5, 0.6) is 0 Å². The molecule has 6 nitrogen and oxygen atoms in total. The van der Waals surface area contributed by atoms with E-state index in [1.807, 2.05) is 0 Å². The van der Waals surface area contributed by atoms with Gasteiger partial charge in [-0.05, 0) is 258 Å². The standard InChI is InChI=1S/C46H38N2.2C44H30N2/c1-46(2,3)37-25-29-39(30-26-37)47(38-27-23-34(24-28-38)33-13-5-4-6-14-33)40-17-11-15-35(31-40)36-16-12-18-41(32-36)48-44-21-9-7-19-42(44)43-20-8-10-22-45(43)48;1-3-21-37-31(13-1)15-11-27-41(37)45(42-28-12-16-32-14-2-4-22-38(32)42)35-19-9-17-33(29-35)34-18-10-20-36(30-34)46-43-25-7-5-23-39(43)40-24-6-8-26-44(40)46;1-3-13-33-27-39(25-23-31(33)11-1)45(40-26-24-32-12-2-4-14-34(32)28-40)37-17-9-15-35(29-37)36-16-10-18-38(30-36)46-43-21-7-5-19-41(43)42-20-6-8-22-44(42)46/h4-32H,1-3H3;2*1-30H. The number of para-hydroxylation sites is 6. The Bertz CT molecular complexity index is 8820. The summed E-state index contributed by atoms with van der Waals surface area (Å²) in [6, 6.07) is 195. The predicted octanol–water partition coefficient (Wildman–Crippen LogP) is 37.3. The first-order chi connectivity index (χ1) is 69.1. The molecular weight excluding hydrogens is 1690 g/mol. The monoisotopic (exact) mass is 1790 g/mol. The van der Waals surface area contributed by atoms with E-state index in [0.717, 1.165) is 68.2 Å². The van der Waals surface area contributed by atoms with Gasteiger partial charge in [0.15, 0.2) is 0 Å². The highest BCUT2D eigenvalue weighted by Gasteiger charge is 2.25. The summed E-state index contributed by atoms with van der Waals surface area (Å²) in [5.41, 5.74) is 31.8. The van der Waals surface area contributed by atoms with Gasteiger partial charge in [0, 0.05) is 100.0 Å². The first-order valence-corrected chi connectivity index (χ1v) is 48.2. The number of nitrogens with zero attached hydrogens (tertiary/aromatic N) is 6. The normalized spacial score (nSPS) is 11.5. The molecule has 6 heteroatoms. The molecule has 26 rings (SSSR count). The van der Waals surface area contributed by atoms with Gasteiger partial charge in [0.2, 0.25) is 0 Å². The number of aromatic nitrogens is 3. The Kier molecular flexibility index (Phi) is 22.2. The fourth-order valence-corrected chi connectivity index (χ4v) is 20.8. The molecule has 0 saturated carbocycles. The van der Waals surface area contributed by atoms with Crippen LogP contribution < -0.4 is 14.7 Å². The molecule has 664 valence electrons. The highest BCUT2D eigenvalue weighted by atomic mass is 15.2. The summed E-state index contributed by atoms with van der Waals surface area (Å²) in [4.78, 5) is 7.16. The average Bonchev–Trinajstić information content (AvgIpc) is 1.61. The summed E-state index contributed by atoms with van der Waals surface area (Å²) in [6.45, 7) is 6.79. The highest BCUT2D eigenvalue weighted by molar-refractivity contribution is 6.13. The quantitative estimate of drug-likeness (QED) is 0.0964. The summed E-state index contributed by atoms with van der Waals surface area (Å²) in [7, 11) is 0. The SMILES string of the molecule is CC(C)(C)c1ccc(N(c2ccc(-c3ccccc3)cc2)c2cccc(-c3cccc(-n4c5ccccc5c5ccccc54)c3)c2)cc1.c1cc(-c2cccc(-n3c4ccccc4c4ccccc43)c2)cc(N(c2ccc3ccccc3c2)c2ccc3ccccc3c2)c1.c1cc(-c2cccc(-n3c4ccccc4c4ccccc43)c2)cc(N(c2cccc3ccccc23)c2cccc3ccccc23)c1. The molecule has 0 atom stereocenters. The minimum absolute atomic E-state index is 0.0853. The minimum atomic E-state index is 0.0853. The second kappa shape index (κ2) is 36.6. The van der Waals surface area contributed by atoms with Crippen molar-refractivity contribution in [3.63, 3.8) is 0 Å². The highest BCUT2D eigenvalue weighted by Crippen LogP contribution is 2.48. The molecule has 140 heavy (non-hydrogen) atoms. The van der Waals surface area contributed by atoms with E-state index in [9.17, 15) is 0 Å². The van der Waals surface area contributed by atoms with Crippen LogP contribution in [0.2, 0.25) is 0 Å². The van der Waals surface area contributed by atoms with Crippen molar-refractivity contribution in [2.45, 2.75) is 26.2 Å². The van der Waals surface area contributed by atoms with Gasteiger partial charge in [-0.3, -0.25) is 0 Å². The van der Waals surface area contributed by atoms with Gasteiger partial charge in [-0.2, -0.15) is 0 Å². The topological polar surface area (TPSA) is 24.5 Å². The number of benzene rings is 23. The maximum Gasteiger partial charge on any atom is 0.0541 e. The van der Waals surface area contributed by atoms with E-state index in [2.05, 4.69) is 589 Å². The van der Waals surface area contributed by atoms with Crippen LogP contribution in [0.3, 0.4) is 0 Å². The van der Waals surface area contributed by atoms with Crippen molar-refractivity contribution in [1.82, 2.24) is 13.7 Å². The van der Waals surface area contributed by atoms with E-state index in [1.54, 1.807) is 0 Å². The van der Waals surface area contributed by atoms with Crippen LogP contribution in [0.1, 0.15) is 26.3 Å². The Morgan fingerprint density at radius 3 is 0.750 bits per heavy atom. The van der Waals surface area contributed by atoms with E-state index in [0.29, 0.717) is 0 Å². The van der Waals surface area contributed by atoms with Crippen molar-refractivity contribution in [2.24, 2.45) is 0 Å². The maximum absolute atomic E-state index is 2.42. The van der Waals surface area contributed by atoms with Crippen LogP contribution in [0, 0.1) is 0 Å². The Labute approximate surface area is 815 Å². The molecule has 0 radical (unpaired) electrons. The molecular formula is C134H98N6. The summed E-state index contributed by atoms with van der Waals surface area (Å²) in [5, 5.41) is 17.4. The van der Waals surface area contributed by atoms with Gasteiger partial charge < -0.3 is 28.4 Å². The number of fused-ring (bicyclic) bond motifs is 13. The lowest BCUT2D eigenvalue weighted by Crippen LogP contribution is -2.13. The predicted molar refractivity (Wildman–Crippen MR) is 597 cm³/mol. The lowest BCUT2D eigenvalue weighted by Gasteiger charge is -2.28. The maximum atomic E-state index is 2.42. The minimum Gasteiger partial charge on any atom is -0.310 e. The molecule has 0 aliphatic carbocycles. The van der Waals surface area contributed by atoms with Gasteiger partial charge in [0.05, 0.1) is 44.5 Å². The zero-order valence-electron chi connectivity index (χ0n) is 78.1. The van der Waals surface area contributed by atoms with Gasteiger partial charge in [0.1, 0.15) is 0 Å². The second-order valence-corrected chi connectivity index (χ2v) is 37.2. The van der Waals surface area contributed by atoms with E-state index in [4.69, 9.17) is 0 Å². The number of rotatable bonds is 16. The number of hydrogen-bond donors (Lipinski definition) is 0. The van der Waals surface area contributed by atoms with Crippen molar-refractivity contribution < 1.29 is 0 Å². The Morgan fingerprint density at radius 1 is 0.150 bits per heavy atom. The molecule has 0 amide bonds. The largest absolute Gasteiger partial charge is 0.310 e. The fourth-order valence-electron chi connectivity index (χ4n) is 20.8. The van der Waals surface area contributed by atoms with Crippen molar-refractivity contribution in [3.05, 3.63) is 545 Å². The summed E-state index contributed by atoms with van der Waals surface area (Å²) in [6.07, 6.45) is 0. The molecule has 0 bridgehead atoms. The average molecular weight is 1790 g/mol. The Morgan fingerprint density at radius 2 is 0.393 bits per heavy atom. The van der Waals surface area contributed by atoms with Crippen LogP contribution in [-0.4, -0.2) is 13.7 Å². The lowest BCUT2D eigenvalue weighted by atomic mass is 9.87.